The first kappa shape index (κ1) is 19.7. The van der Waals surface area contributed by atoms with Crippen molar-refractivity contribution in [1.82, 2.24) is 4.98 Å². The maximum atomic E-state index is 12.4. The third kappa shape index (κ3) is 5.47. The van der Waals surface area contributed by atoms with Gasteiger partial charge in [0.25, 0.3) is 10.0 Å². The highest BCUT2D eigenvalue weighted by Gasteiger charge is 2.19. The Kier molecular flexibility index (Phi) is 6.40. The van der Waals surface area contributed by atoms with Crippen molar-refractivity contribution in [2.75, 3.05) is 22.3 Å². The summed E-state index contributed by atoms with van der Waals surface area (Å²) in [5.41, 5.74) is 0.533. The molecule has 1 unspecified atom stereocenters. The number of carbonyl (C=O) groups excluding carboxylic acids is 1. The molecule has 0 spiro atoms. The Morgan fingerprint density at radius 3 is 2.63 bits per heavy atom. The molecule has 0 radical (unpaired) electrons. The van der Waals surface area contributed by atoms with Gasteiger partial charge in [0, 0.05) is 17.6 Å². The molecule has 0 saturated carbocycles. The Hall–Kier alpha value is -2.04. The van der Waals surface area contributed by atoms with Crippen molar-refractivity contribution in [1.29, 1.82) is 0 Å². The van der Waals surface area contributed by atoms with Crippen LogP contribution in [0.2, 0.25) is 0 Å². The second-order valence-corrected chi connectivity index (χ2v) is 9.94. The van der Waals surface area contributed by atoms with Gasteiger partial charge in [-0.25, -0.2) is 13.4 Å². The maximum Gasteiger partial charge on any atom is 0.263 e. The molecule has 0 saturated heterocycles. The van der Waals surface area contributed by atoms with Gasteiger partial charge in [0.2, 0.25) is 5.91 Å². The first-order chi connectivity index (χ1) is 12.9. The van der Waals surface area contributed by atoms with E-state index in [0.717, 1.165) is 16.7 Å². The lowest BCUT2D eigenvalue weighted by molar-refractivity contribution is -0.115. The number of nitrogens with zero attached hydrogens (tertiary/aromatic N) is 2. The van der Waals surface area contributed by atoms with Crippen LogP contribution in [-0.2, 0) is 14.8 Å². The van der Waals surface area contributed by atoms with Crippen LogP contribution in [0.4, 0.5) is 11.5 Å². The van der Waals surface area contributed by atoms with Crippen molar-refractivity contribution in [2.45, 2.75) is 17.1 Å². The Morgan fingerprint density at radius 1 is 1.22 bits per heavy atom. The summed E-state index contributed by atoms with van der Waals surface area (Å²) < 4.78 is 28.1. The molecular weight excluding hydrogens is 404 g/mol. The van der Waals surface area contributed by atoms with E-state index in [1.54, 1.807) is 42.1 Å². The number of aromatic nitrogens is 1. The number of aliphatic imine (C=N–C) groups is 1. The molecule has 1 amide bonds. The van der Waals surface area contributed by atoms with Gasteiger partial charge in [0.15, 0.2) is 0 Å². The van der Waals surface area contributed by atoms with Crippen LogP contribution in [0.3, 0.4) is 0 Å². The van der Waals surface area contributed by atoms with E-state index < -0.39 is 10.0 Å². The van der Waals surface area contributed by atoms with Gasteiger partial charge in [-0.3, -0.25) is 14.5 Å². The molecule has 1 atom stereocenters. The van der Waals surface area contributed by atoms with Gasteiger partial charge >= 0.3 is 0 Å². The maximum absolute atomic E-state index is 12.4. The van der Waals surface area contributed by atoms with Gasteiger partial charge in [0.05, 0.1) is 16.7 Å². The van der Waals surface area contributed by atoms with Gasteiger partial charge in [0.1, 0.15) is 10.2 Å². The SMILES string of the molecule is CC(SC1=NCCS1)C(=O)Nc1ccc(S(=O)(=O)Nc2ccccn2)cc1. The molecule has 7 nitrogen and oxygen atoms in total. The lowest BCUT2D eigenvalue weighted by Crippen LogP contribution is -2.23. The first-order valence-electron chi connectivity index (χ1n) is 8.13. The van der Waals surface area contributed by atoms with Crippen molar-refractivity contribution >= 4 is 55.3 Å². The molecule has 2 aromatic rings. The second-order valence-electron chi connectivity index (χ2n) is 5.59. The zero-order chi connectivity index (χ0) is 19.3. The Bertz CT molecular complexity index is 932. The average Bonchev–Trinajstić information content (AvgIpc) is 3.15. The van der Waals surface area contributed by atoms with E-state index in [0.29, 0.717) is 5.69 Å². The molecule has 10 heteroatoms. The van der Waals surface area contributed by atoms with Gasteiger partial charge in [-0.2, -0.15) is 0 Å². The van der Waals surface area contributed by atoms with Gasteiger partial charge in [-0.1, -0.05) is 29.6 Å². The third-order valence-electron chi connectivity index (χ3n) is 3.54. The molecule has 27 heavy (non-hydrogen) atoms. The minimum Gasteiger partial charge on any atom is -0.325 e. The van der Waals surface area contributed by atoms with Crippen LogP contribution in [0, 0.1) is 0 Å². The summed E-state index contributed by atoms with van der Waals surface area (Å²) in [5, 5.41) is 2.50. The summed E-state index contributed by atoms with van der Waals surface area (Å²) in [6, 6.07) is 11.0. The van der Waals surface area contributed by atoms with E-state index in [1.165, 1.54) is 30.1 Å². The van der Waals surface area contributed by atoms with Crippen LogP contribution in [0.1, 0.15) is 6.92 Å². The second kappa shape index (κ2) is 8.77. The number of anilines is 2. The van der Waals surface area contributed by atoms with E-state index in [1.807, 2.05) is 6.92 Å². The number of amides is 1. The quantitative estimate of drug-likeness (QED) is 0.742. The van der Waals surface area contributed by atoms with Crippen molar-refractivity contribution < 1.29 is 13.2 Å². The van der Waals surface area contributed by atoms with Crippen LogP contribution in [-0.4, -0.2) is 41.2 Å². The Labute approximate surface area is 166 Å². The van der Waals surface area contributed by atoms with Crippen molar-refractivity contribution in [3.05, 3.63) is 48.7 Å². The molecule has 1 aromatic heterocycles. The fourth-order valence-corrected chi connectivity index (χ4v) is 5.31. The molecule has 0 aliphatic carbocycles. The molecule has 1 aromatic carbocycles. The lowest BCUT2D eigenvalue weighted by Gasteiger charge is -2.12. The van der Waals surface area contributed by atoms with Crippen LogP contribution >= 0.6 is 23.5 Å². The largest absolute Gasteiger partial charge is 0.325 e. The molecule has 0 bridgehead atoms. The smallest absolute Gasteiger partial charge is 0.263 e. The van der Waals surface area contributed by atoms with Crippen LogP contribution in [0.15, 0.2) is 58.5 Å². The normalized spacial score (nSPS) is 15.1. The fraction of sp³-hybridized carbons (Fsp3) is 0.235. The van der Waals surface area contributed by atoms with E-state index in [9.17, 15) is 13.2 Å². The number of hydrogen-bond donors (Lipinski definition) is 2. The fourth-order valence-electron chi connectivity index (χ4n) is 2.17. The van der Waals surface area contributed by atoms with Crippen molar-refractivity contribution in [3.63, 3.8) is 0 Å². The minimum atomic E-state index is -3.74. The summed E-state index contributed by atoms with van der Waals surface area (Å²) in [5.74, 6) is 1.05. The number of carbonyl (C=O) groups is 1. The number of nitrogens with one attached hydrogen (secondary N) is 2. The summed E-state index contributed by atoms with van der Waals surface area (Å²) >= 11 is 3.09. The van der Waals surface area contributed by atoms with Crippen LogP contribution in [0.5, 0.6) is 0 Å². The predicted molar refractivity (Wildman–Crippen MR) is 112 cm³/mol. The van der Waals surface area contributed by atoms with E-state index >= 15 is 0 Å². The summed E-state index contributed by atoms with van der Waals surface area (Å²) in [4.78, 5) is 20.6. The topological polar surface area (TPSA) is 101 Å². The van der Waals surface area contributed by atoms with Crippen LogP contribution in [0.25, 0.3) is 0 Å². The van der Waals surface area contributed by atoms with E-state index in [2.05, 4.69) is 20.0 Å². The number of rotatable bonds is 6. The predicted octanol–water partition coefficient (Wildman–Crippen LogP) is 3.05. The standard InChI is InChI=1S/C17H18N4O3S3/c1-12(26-17-19-10-11-25-17)16(22)20-13-5-7-14(8-6-13)27(23,24)21-15-4-2-3-9-18-15/h2-9,12H,10-11H2,1H3,(H,18,21)(H,20,22). The highest BCUT2D eigenvalue weighted by Crippen LogP contribution is 2.26. The molecule has 2 heterocycles. The molecule has 1 aliphatic rings. The average molecular weight is 423 g/mol. The minimum absolute atomic E-state index is 0.0882. The highest BCUT2D eigenvalue weighted by atomic mass is 32.2. The number of sulfonamides is 1. The highest BCUT2D eigenvalue weighted by molar-refractivity contribution is 8.39. The first-order valence-corrected chi connectivity index (χ1v) is 11.5. The summed E-state index contributed by atoms with van der Waals surface area (Å²) in [6.07, 6.45) is 1.51. The summed E-state index contributed by atoms with van der Waals surface area (Å²) in [6.45, 7) is 2.61. The van der Waals surface area contributed by atoms with Crippen LogP contribution < -0.4 is 10.0 Å². The third-order valence-corrected chi connectivity index (χ3v) is 7.21. The number of pyridine rings is 1. The zero-order valence-corrected chi connectivity index (χ0v) is 16.9. The van der Waals surface area contributed by atoms with E-state index in [4.69, 9.17) is 0 Å². The molecule has 3 rings (SSSR count). The number of thioether (sulfide) groups is 2. The zero-order valence-electron chi connectivity index (χ0n) is 14.5. The van der Waals surface area contributed by atoms with Gasteiger partial charge in [-0.15, -0.1) is 0 Å². The molecule has 1 aliphatic heterocycles. The van der Waals surface area contributed by atoms with Gasteiger partial charge in [-0.05, 0) is 43.3 Å². The monoisotopic (exact) mass is 422 g/mol. The van der Waals surface area contributed by atoms with Crippen molar-refractivity contribution in [3.8, 4) is 0 Å². The van der Waals surface area contributed by atoms with E-state index in [-0.39, 0.29) is 21.9 Å². The Morgan fingerprint density at radius 2 is 2.00 bits per heavy atom. The Balaban J connectivity index is 1.61. The van der Waals surface area contributed by atoms with Crippen molar-refractivity contribution in [2.24, 2.45) is 4.99 Å². The number of hydrogen-bond acceptors (Lipinski definition) is 7. The molecular formula is C17H18N4O3S3. The number of benzene rings is 1. The lowest BCUT2D eigenvalue weighted by atomic mass is 10.3. The molecule has 142 valence electrons. The summed E-state index contributed by atoms with van der Waals surface area (Å²) in [7, 11) is -3.74. The van der Waals surface area contributed by atoms with Gasteiger partial charge < -0.3 is 5.32 Å². The molecule has 2 N–H and O–H groups in total. The molecule has 0 fully saturated rings.